The summed E-state index contributed by atoms with van der Waals surface area (Å²) in [7, 11) is 0. The van der Waals surface area contributed by atoms with Crippen LogP contribution in [-0.2, 0) is 15.6 Å². The second-order valence-electron chi connectivity index (χ2n) is 15.1. The molecule has 0 amide bonds. The standard InChI is InChI=1S/C33H53NO3S2/c1-19-25(17-22(30(3,4)5)28(36)27(19)33(12,13)14)39-20(2)38-21-15-23(31(6,7)8)29(37-26(35)18-34)24(16-21)32(9,10)11/h15-17,19-20,27,36H,18,34H2,1-14H3. The Morgan fingerprint density at radius 1 is 0.923 bits per heavy atom. The van der Waals surface area contributed by atoms with Crippen LogP contribution in [0.15, 0.2) is 39.3 Å². The van der Waals surface area contributed by atoms with Crippen molar-refractivity contribution in [2.24, 2.45) is 28.4 Å². The summed E-state index contributed by atoms with van der Waals surface area (Å²) < 4.78 is 6.09. The Hall–Kier alpha value is -1.37. The first kappa shape index (κ1) is 33.8. The predicted octanol–water partition coefficient (Wildman–Crippen LogP) is 9.37. The maximum atomic E-state index is 12.3. The molecule has 1 aromatic rings. The largest absolute Gasteiger partial charge is 0.512 e. The molecule has 2 rings (SSSR count). The van der Waals surface area contributed by atoms with Crippen LogP contribution in [0, 0.1) is 22.7 Å². The second kappa shape index (κ2) is 11.9. The molecule has 220 valence electrons. The van der Waals surface area contributed by atoms with E-state index in [1.165, 1.54) is 4.91 Å². The third-order valence-electron chi connectivity index (χ3n) is 7.21. The van der Waals surface area contributed by atoms with E-state index >= 15 is 0 Å². The van der Waals surface area contributed by atoms with Crippen molar-refractivity contribution in [1.82, 2.24) is 0 Å². The molecule has 3 N–H and O–H groups in total. The van der Waals surface area contributed by atoms with Crippen LogP contribution in [-0.4, -0.2) is 22.2 Å². The molecule has 0 aliphatic heterocycles. The summed E-state index contributed by atoms with van der Waals surface area (Å²) in [6, 6.07) is 4.36. The van der Waals surface area contributed by atoms with Crippen LogP contribution in [0.3, 0.4) is 0 Å². The van der Waals surface area contributed by atoms with E-state index in [1.54, 1.807) is 0 Å². The number of esters is 1. The molecule has 1 aliphatic carbocycles. The van der Waals surface area contributed by atoms with Gasteiger partial charge in [0.15, 0.2) is 0 Å². The number of allylic oxidation sites excluding steroid dienone is 4. The first-order chi connectivity index (χ1) is 17.5. The van der Waals surface area contributed by atoms with Crippen LogP contribution in [0.4, 0.5) is 0 Å². The maximum absolute atomic E-state index is 12.3. The number of ether oxygens (including phenoxy) is 1. The smallest absolute Gasteiger partial charge is 0.325 e. The van der Waals surface area contributed by atoms with E-state index in [1.807, 2.05) is 23.5 Å². The quantitative estimate of drug-likeness (QED) is 0.152. The highest BCUT2D eigenvalue weighted by Crippen LogP contribution is 2.52. The molecule has 0 spiro atoms. The lowest BCUT2D eigenvalue weighted by molar-refractivity contribution is -0.132. The fraction of sp³-hybridized carbons (Fsp3) is 0.667. The van der Waals surface area contributed by atoms with Gasteiger partial charge in [-0.25, -0.2) is 0 Å². The Labute approximate surface area is 247 Å². The molecule has 6 heteroatoms. The number of aliphatic hydroxyl groups is 1. The van der Waals surface area contributed by atoms with E-state index in [2.05, 4.69) is 115 Å². The van der Waals surface area contributed by atoms with Gasteiger partial charge in [0.1, 0.15) is 11.5 Å². The Morgan fingerprint density at radius 2 is 1.41 bits per heavy atom. The number of benzene rings is 1. The molecule has 3 atom stereocenters. The van der Waals surface area contributed by atoms with Gasteiger partial charge in [-0.3, -0.25) is 4.79 Å². The lowest BCUT2D eigenvalue weighted by atomic mass is 9.67. The molecule has 0 fully saturated rings. The molecule has 0 radical (unpaired) electrons. The first-order valence-corrected chi connectivity index (χ1v) is 15.8. The molecular formula is C33H53NO3S2. The van der Waals surface area contributed by atoms with E-state index in [4.69, 9.17) is 10.5 Å². The van der Waals surface area contributed by atoms with Crippen LogP contribution in [0.1, 0.15) is 108 Å². The van der Waals surface area contributed by atoms with Crippen molar-refractivity contribution in [3.8, 4) is 5.75 Å². The van der Waals surface area contributed by atoms with Crippen LogP contribution in [0.2, 0.25) is 0 Å². The van der Waals surface area contributed by atoms with Gasteiger partial charge in [0, 0.05) is 21.9 Å². The molecule has 1 aromatic carbocycles. The zero-order valence-electron chi connectivity index (χ0n) is 26.8. The zero-order chi connectivity index (χ0) is 30.3. The van der Waals surface area contributed by atoms with Gasteiger partial charge in [0.2, 0.25) is 0 Å². The molecule has 0 saturated carbocycles. The molecule has 0 bridgehead atoms. The summed E-state index contributed by atoms with van der Waals surface area (Å²) in [5, 5.41) is 11.4. The SMILES string of the molecule is CC(SC1=CC(C(C)(C)C)=C(O)C(C(C)(C)C)C1C)Sc1cc(C(C)(C)C)c(OC(=O)CN)c(C(C)(C)C)c1. The number of thioether (sulfide) groups is 2. The van der Waals surface area contributed by atoms with E-state index in [9.17, 15) is 9.90 Å². The highest BCUT2D eigenvalue weighted by Gasteiger charge is 2.41. The number of carbonyl (C=O) groups is 1. The lowest BCUT2D eigenvalue weighted by Gasteiger charge is -2.42. The average molecular weight is 576 g/mol. The summed E-state index contributed by atoms with van der Waals surface area (Å²) >= 11 is 3.72. The minimum Gasteiger partial charge on any atom is -0.512 e. The minimum atomic E-state index is -0.423. The van der Waals surface area contributed by atoms with E-state index in [0.29, 0.717) is 11.5 Å². The van der Waals surface area contributed by atoms with Crippen molar-refractivity contribution in [1.29, 1.82) is 0 Å². The molecule has 39 heavy (non-hydrogen) atoms. The van der Waals surface area contributed by atoms with Crippen molar-refractivity contribution >= 4 is 29.5 Å². The third-order valence-corrected chi connectivity index (χ3v) is 9.72. The van der Waals surface area contributed by atoms with Gasteiger partial charge in [-0.1, -0.05) is 90.0 Å². The van der Waals surface area contributed by atoms with Gasteiger partial charge in [-0.15, -0.1) is 23.5 Å². The van der Waals surface area contributed by atoms with Gasteiger partial charge in [0.05, 0.1) is 11.1 Å². The van der Waals surface area contributed by atoms with E-state index in [-0.39, 0.29) is 44.6 Å². The topological polar surface area (TPSA) is 72.5 Å². The maximum Gasteiger partial charge on any atom is 0.325 e. The lowest BCUT2D eigenvalue weighted by Crippen LogP contribution is -2.34. The summed E-state index contributed by atoms with van der Waals surface area (Å²) in [5.41, 5.74) is 8.03. The highest BCUT2D eigenvalue weighted by atomic mass is 32.2. The summed E-state index contributed by atoms with van der Waals surface area (Å²) in [6.07, 6.45) is 2.24. The molecule has 0 saturated heterocycles. The van der Waals surface area contributed by atoms with Crippen LogP contribution in [0.25, 0.3) is 0 Å². The minimum absolute atomic E-state index is 0.0591. The second-order valence-corrected chi connectivity index (χ2v) is 18.2. The molecular weight excluding hydrogens is 523 g/mol. The van der Waals surface area contributed by atoms with Crippen molar-refractivity contribution in [2.75, 3.05) is 6.54 Å². The molecule has 4 nitrogen and oxygen atoms in total. The molecule has 1 aliphatic rings. The Morgan fingerprint density at radius 3 is 1.79 bits per heavy atom. The van der Waals surface area contributed by atoms with Crippen LogP contribution in [0.5, 0.6) is 5.75 Å². The highest BCUT2D eigenvalue weighted by molar-refractivity contribution is 8.18. The number of rotatable bonds is 6. The van der Waals surface area contributed by atoms with Crippen LogP contribution < -0.4 is 10.5 Å². The number of hydrogen-bond acceptors (Lipinski definition) is 6. The van der Waals surface area contributed by atoms with Gasteiger partial charge in [0.25, 0.3) is 0 Å². The van der Waals surface area contributed by atoms with Gasteiger partial charge in [-0.2, -0.15) is 0 Å². The van der Waals surface area contributed by atoms with Gasteiger partial charge in [-0.05, 0) is 63.2 Å². The predicted molar refractivity (Wildman–Crippen MR) is 171 cm³/mol. The summed E-state index contributed by atoms with van der Waals surface area (Å²) in [5.74, 6) is 1.04. The fourth-order valence-electron chi connectivity index (χ4n) is 5.28. The van der Waals surface area contributed by atoms with Crippen molar-refractivity contribution in [3.63, 3.8) is 0 Å². The first-order valence-electron chi connectivity index (χ1n) is 14.1. The molecule has 0 aromatic heterocycles. The third kappa shape index (κ3) is 8.33. The van der Waals surface area contributed by atoms with E-state index in [0.717, 1.165) is 21.6 Å². The zero-order valence-corrected chi connectivity index (χ0v) is 28.5. The van der Waals surface area contributed by atoms with Gasteiger partial charge < -0.3 is 15.6 Å². The summed E-state index contributed by atoms with van der Waals surface area (Å²) in [4.78, 5) is 14.8. The number of hydrogen-bond donors (Lipinski definition) is 2. The Bertz CT molecular complexity index is 1090. The Balaban J connectivity index is 2.53. The summed E-state index contributed by atoms with van der Waals surface area (Å²) in [6.45, 7) is 30.4. The number of aliphatic hydroxyl groups excluding tert-OH is 1. The Kier molecular flexibility index (Phi) is 10.3. The van der Waals surface area contributed by atoms with Crippen molar-refractivity contribution < 1.29 is 14.6 Å². The van der Waals surface area contributed by atoms with Crippen molar-refractivity contribution in [2.45, 2.75) is 117 Å². The molecule has 3 unspecified atom stereocenters. The average Bonchev–Trinajstić information content (AvgIpc) is 2.72. The number of nitrogens with two attached hydrogens (primary N) is 1. The van der Waals surface area contributed by atoms with Crippen molar-refractivity contribution in [3.05, 3.63) is 45.6 Å². The van der Waals surface area contributed by atoms with E-state index < -0.39 is 5.97 Å². The molecule has 0 heterocycles. The fourth-order valence-corrected chi connectivity index (χ4v) is 7.81. The number of carbonyl (C=O) groups excluding carboxylic acids is 1. The van der Waals surface area contributed by atoms with Crippen LogP contribution >= 0.6 is 23.5 Å². The normalized spacial score (nSPS) is 20.1. The monoisotopic (exact) mass is 575 g/mol. The van der Waals surface area contributed by atoms with Gasteiger partial charge >= 0.3 is 5.97 Å².